The Labute approximate surface area is 164 Å². The maximum absolute atomic E-state index is 12.8. The average Bonchev–Trinajstić information content (AvgIpc) is 2.64. The third-order valence-electron chi connectivity index (χ3n) is 5.15. The van der Waals surface area contributed by atoms with E-state index in [2.05, 4.69) is 22.5 Å². The molecule has 2 aliphatic heterocycles. The molecule has 0 aromatic heterocycles. The quantitative estimate of drug-likeness (QED) is 0.755. The van der Waals surface area contributed by atoms with Crippen molar-refractivity contribution in [2.24, 2.45) is 0 Å². The van der Waals surface area contributed by atoms with Crippen LogP contribution in [-0.4, -0.2) is 42.6 Å². The zero-order chi connectivity index (χ0) is 19.4. The number of nitrogens with one attached hydrogen (secondary N) is 2. The summed E-state index contributed by atoms with van der Waals surface area (Å²) in [5, 5.41) is 6.30. The summed E-state index contributed by atoms with van der Waals surface area (Å²) in [5.74, 6) is -0.412. The number of halogens is 1. The molecule has 0 radical (unpaired) electrons. The summed E-state index contributed by atoms with van der Waals surface area (Å²) in [7, 11) is 0. The van der Waals surface area contributed by atoms with Gasteiger partial charge in [0.2, 0.25) is 0 Å². The summed E-state index contributed by atoms with van der Waals surface area (Å²) in [4.78, 5) is 27.4. The molecule has 2 N–H and O–H groups in total. The van der Waals surface area contributed by atoms with Crippen LogP contribution in [0.1, 0.15) is 44.7 Å². The van der Waals surface area contributed by atoms with Gasteiger partial charge in [-0.1, -0.05) is 30.2 Å². The fourth-order valence-corrected chi connectivity index (χ4v) is 3.82. The Morgan fingerprint density at radius 2 is 2.04 bits per heavy atom. The zero-order valence-electron chi connectivity index (χ0n) is 15.8. The molecule has 0 saturated carbocycles. The van der Waals surface area contributed by atoms with E-state index in [-0.39, 0.29) is 12.6 Å². The number of benzene rings is 1. The smallest absolute Gasteiger partial charge is 0.338 e. The highest BCUT2D eigenvalue weighted by Gasteiger charge is 2.35. The number of esters is 1. The summed E-state index contributed by atoms with van der Waals surface area (Å²) in [5.41, 5.74) is 1.86. The third-order valence-corrected chi connectivity index (χ3v) is 5.41. The summed E-state index contributed by atoms with van der Waals surface area (Å²) < 4.78 is 5.31. The standard InChI is InChI=1S/C20H26ClN3O3/c1-3-27-19(25)17-16(12-24-11-5-4-6-13(24)2)22-20(26)23-18(17)14-7-9-15(21)10-8-14/h7-10,13,18H,3-6,11-12H2,1-2H3,(H2,22,23,26)/t13-,18+/m1/s1. The van der Waals surface area contributed by atoms with Crippen molar-refractivity contribution in [2.45, 2.75) is 45.2 Å². The van der Waals surface area contributed by atoms with Crippen molar-refractivity contribution in [3.63, 3.8) is 0 Å². The van der Waals surface area contributed by atoms with E-state index in [0.717, 1.165) is 24.9 Å². The van der Waals surface area contributed by atoms with E-state index in [1.54, 1.807) is 19.1 Å². The van der Waals surface area contributed by atoms with Gasteiger partial charge in [0.05, 0.1) is 18.2 Å². The lowest BCUT2D eigenvalue weighted by molar-refractivity contribution is -0.139. The minimum atomic E-state index is -0.565. The molecule has 6 nitrogen and oxygen atoms in total. The predicted molar refractivity (Wildman–Crippen MR) is 104 cm³/mol. The van der Waals surface area contributed by atoms with E-state index in [9.17, 15) is 9.59 Å². The first kappa shape index (κ1) is 19.7. The molecule has 2 heterocycles. The third kappa shape index (κ3) is 4.62. The van der Waals surface area contributed by atoms with Gasteiger partial charge in [-0.05, 0) is 50.9 Å². The lowest BCUT2D eigenvalue weighted by Gasteiger charge is -2.36. The largest absolute Gasteiger partial charge is 0.463 e. The van der Waals surface area contributed by atoms with Crippen molar-refractivity contribution < 1.29 is 14.3 Å². The van der Waals surface area contributed by atoms with Gasteiger partial charge in [0, 0.05) is 23.3 Å². The van der Waals surface area contributed by atoms with Gasteiger partial charge in [-0.15, -0.1) is 0 Å². The Morgan fingerprint density at radius 1 is 1.30 bits per heavy atom. The molecular weight excluding hydrogens is 366 g/mol. The van der Waals surface area contributed by atoms with Gasteiger partial charge < -0.3 is 15.4 Å². The normalized spacial score (nSPS) is 23.6. The summed E-state index contributed by atoms with van der Waals surface area (Å²) in [6, 6.07) is 6.67. The summed E-state index contributed by atoms with van der Waals surface area (Å²) in [6.45, 7) is 5.71. The summed E-state index contributed by atoms with van der Waals surface area (Å²) in [6.07, 6.45) is 3.46. The van der Waals surface area contributed by atoms with Crippen LogP contribution in [0.3, 0.4) is 0 Å². The van der Waals surface area contributed by atoms with Crippen LogP contribution in [-0.2, 0) is 9.53 Å². The number of urea groups is 1. The molecule has 2 atom stereocenters. The minimum Gasteiger partial charge on any atom is -0.463 e. The van der Waals surface area contributed by atoms with E-state index in [4.69, 9.17) is 16.3 Å². The van der Waals surface area contributed by atoms with Gasteiger partial charge in [-0.3, -0.25) is 4.90 Å². The SMILES string of the molecule is CCOC(=O)C1=C(CN2CCCC[C@H]2C)NC(=O)N[C@H]1c1ccc(Cl)cc1. The molecule has 7 heteroatoms. The minimum absolute atomic E-state index is 0.275. The van der Waals surface area contributed by atoms with Crippen molar-refractivity contribution in [3.05, 3.63) is 46.1 Å². The van der Waals surface area contributed by atoms with Crippen molar-refractivity contribution in [1.82, 2.24) is 15.5 Å². The number of nitrogens with zero attached hydrogens (tertiary/aromatic N) is 1. The monoisotopic (exact) mass is 391 g/mol. The van der Waals surface area contributed by atoms with E-state index >= 15 is 0 Å². The number of carbonyl (C=O) groups is 2. The van der Waals surface area contributed by atoms with Crippen LogP contribution in [0.15, 0.2) is 35.5 Å². The fraction of sp³-hybridized carbons (Fsp3) is 0.500. The molecule has 2 aliphatic rings. The Hall–Kier alpha value is -2.05. The summed E-state index contributed by atoms with van der Waals surface area (Å²) >= 11 is 5.99. The van der Waals surface area contributed by atoms with Gasteiger partial charge in [0.15, 0.2) is 0 Å². The number of hydrogen-bond donors (Lipinski definition) is 2. The number of piperidine rings is 1. The van der Waals surface area contributed by atoms with E-state index in [0.29, 0.717) is 28.9 Å². The maximum atomic E-state index is 12.8. The van der Waals surface area contributed by atoms with E-state index in [1.165, 1.54) is 6.42 Å². The van der Waals surface area contributed by atoms with Crippen LogP contribution in [0, 0.1) is 0 Å². The Kier molecular flexibility index (Phi) is 6.39. The molecule has 0 bridgehead atoms. The van der Waals surface area contributed by atoms with Crippen molar-refractivity contribution >= 4 is 23.6 Å². The van der Waals surface area contributed by atoms with Crippen LogP contribution in [0.2, 0.25) is 5.02 Å². The molecule has 1 aromatic carbocycles. The number of ether oxygens (including phenoxy) is 1. The number of amides is 2. The number of rotatable bonds is 5. The molecule has 2 amide bonds. The Bertz CT molecular complexity index is 732. The van der Waals surface area contributed by atoms with Crippen LogP contribution < -0.4 is 10.6 Å². The Morgan fingerprint density at radius 3 is 2.70 bits per heavy atom. The lowest BCUT2D eigenvalue weighted by atomic mass is 9.94. The molecule has 0 aliphatic carbocycles. The average molecular weight is 392 g/mol. The lowest BCUT2D eigenvalue weighted by Crippen LogP contribution is -2.50. The van der Waals surface area contributed by atoms with Crippen LogP contribution in [0.4, 0.5) is 4.79 Å². The van der Waals surface area contributed by atoms with E-state index in [1.807, 2.05) is 12.1 Å². The van der Waals surface area contributed by atoms with Gasteiger partial charge in [-0.25, -0.2) is 9.59 Å². The first-order valence-electron chi connectivity index (χ1n) is 9.46. The highest BCUT2D eigenvalue weighted by Crippen LogP contribution is 2.30. The van der Waals surface area contributed by atoms with Crippen molar-refractivity contribution in [2.75, 3.05) is 19.7 Å². The molecule has 1 saturated heterocycles. The molecular formula is C20H26ClN3O3. The van der Waals surface area contributed by atoms with Gasteiger partial charge in [0.25, 0.3) is 0 Å². The fourth-order valence-electron chi connectivity index (χ4n) is 3.69. The van der Waals surface area contributed by atoms with Crippen molar-refractivity contribution in [3.8, 4) is 0 Å². The number of likely N-dealkylation sites (tertiary alicyclic amines) is 1. The molecule has 3 rings (SSSR count). The van der Waals surface area contributed by atoms with E-state index < -0.39 is 12.0 Å². The molecule has 146 valence electrons. The molecule has 1 aromatic rings. The van der Waals surface area contributed by atoms with Crippen LogP contribution >= 0.6 is 11.6 Å². The maximum Gasteiger partial charge on any atom is 0.338 e. The van der Waals surface area contributed by atoms with Gasteiger partial charge in [0.1, 0.15) is 0 Å². The second kappa shape index (κ2) is 8.76. The van der Waals surface area contributed by atoms with Crippen LogP contribution in [0.5, 0.6) is 0 Å². The zero-order valence-corrected chi connectivity index (χ0v) is 16.5. The molecule has 0 spiro atoms. The predicted octanol–water partition coefficient (Wildman–Crippen LogP) is 3.39. The second-order valence-corrected chi connectivity index (χ2v) is 7.45. The molecule has 0 unspecified atom stereocenters. The molecule has 1 fully saturated rings. The topological polar surface area (TPSA) is 70.7 Å². The van der Waals surface area contributed by atoms with Crippen molar-refractivity contribution in [1.29, 1.82) is 0 Å². The van der Waals surface area contributed by atoms with Gasteiger partial charge in [-0.2, -0.15) is 0 Å². The highest BCUT2D eigenvalue weighted by molar-refractivity contribution is 6.30. The second-order valence-electron chi connectivity index (χ2n) is 7.01. The van der Waals surface area contributed by atoms with Gasteiger partial charge >= 0.3 is 12.0 Å². The first-order chi connectivity index (χ1) is 13.0. The Balaban J connectivity index is 1.98. The number of carbonyl (C=O) groups excluding carboxylic acids is 2. The first-order valence-corrected chi connectivity index (χ1v) is 9.84. The highest BCUT2D eigenvalue weighted by atomic mass is 35.5. The molecule has 27 heavy (non-hydrogen) atoms. The van der Waals surface area contributed by atoms with Crippen LogP contribution in [0.25, 0.3) is 0 Å². The number of hydrogen-bond acceptors (Lipinski definition) is 4.